The smallest absolute Gasteiger partial charge is 0.372 e. The van der Waals surface area contributed by atoms with E-state index in [-0.39, 0.29) is 18.2 Å². The third-order valence-corrected chi connectivity index (χ3v) is 2.97. The number of rotatable bonds is 6. The molecular formula is C16H24F3NO. The number of ether oxygens (including phenoxy) is 1. The van der Waals surface area contributed by atoms with Crippen LogP contribution in [-0.2, 0) is 4.74 Å². The van der Waals surface area contributed by atoms with E-state index < -0.39 is 12.6 Å². The molecule has 0 saturated heterocycles. The largest absolute Gasteiger partial charge is 0.391 e. The minimum absolute atomic E-state index is 0.115. The molecule has 0 aromatic heterocycles. The molecule has 1 aromatic rings. The maximum absolute atomic E-state index is 12.2. The summed E-state index contributed by atoms with van der Waals surface area (Å²) in [5, 5.41) is 3.28. The number of aryl methyl sites for hydroxylation is 1. The first-order valence-electron chi connectivity index (χ1n) is 7.07. The summed E-state index contributed by atoms with van der Waals surface area (Å²) in [6, 6.07) is 7.68. The van der Waals surface area contributed by atoms with Gasteiger partial charge >= 0.3 is 6.18 Å². The molecule has 1 rings (SSSR count). The summed E-state index contributed by atoms with van der Waals surface area (Å²) < 4.78 is 42.2. The Morgan fingerprint density at radius 2 is 1.67 bits per heavy atom. The molecule has 0 bridgehead atoms. The highest BCUT2D eigenvalue weighted by Gasteiger charge is 2.27. The van der Waals surface area contributed by atoms with E-state index in [1.165, 1.54) is 0 Å². The molecule has 0 aliphatic rings. The van der Waals surface area contributed by atoms with E-state index in [9.17, 15) is 13.2 Å². The summed E-state index contributed by atoms with van der Waals surface area (Å²) in [6.45, 7) is 8.15. The van der Waals surface area contributed by atoms with Crippen LogP contribution in [0.2, 0.25) is 0 Å². The van der Waals surface area contributed by atoms with E-state index in [2.05, 4.69) is 5.32 Å². The minimum atomic E-state index is -4.19. The fourth-order valence-corrected chi connectivity index (χ4v) is 1.77. The summed E-state index contributed by atoms with van der Waals surface area (Å²) >= 11 is 0. The van der Waals surface area contributed by atoms with Gasteiger partial charge in [-0.2, -0.15) is 13.2 Å². The molecule has 1 aromatic carbocycles. The van der Waals surface area contributed by atoms with Gasteiger partial charge in [-0.15, -0.1) is 0 Å². The lowest BCUT2D eigenvalue weighted by atomic mass is 10.0. The summed E-state index contributed by atoms with van der Waals surface area (Å²) in [5.41, 5.74) is 1.88. The van der Waals surface area contributed by atoms with Crippen molar-refractivity contribution >= 4 is 0 Å². The summed E-state index contributed by atoms with van der Waals surface area (Å²) in [5.74, 6) is 0. The van der Waals surface area contributed by atoms with Crippen molar-refractivity contribution in [1.29, 1.82) is 0 Å². The van der Waals surface area contributed by atoms with Gasteiger partial charge < -0.3 is 10.1 Å². The van der Waals surface area contributed by atoms with Crippen LogP contribution < -0.4 is 5.32 Å². The van der Waals surface area contributed by atoms with Crippen molar-refractivity contribution in [3.8, 4) is 0 Å². The average Bonchev–Trinajstić information content (AvgIpc) is 2.32. The Labute approximate surface area is 124 Å². The molecule has 0 aliphatic heterocycles. The standard InChI is InChI=1S/C16H24F3NO/c1-12-5-7-13(8-6-12)14(11-20-15(2,3)4)21-10-9-16(17,18)19/h5-8,14,20H,9-11H2,1-4H3. The minimum Gasteiger partial charge on any atom is -0.372 e. The van der Waals surface area contributed by atoms with Gasteiger partial charge in [0.15, 0.2) is 0 Å². The zero-order chi connectivity index (χ0) is 16.1. The lowest BCUT2D eigenvalue weighted by molar-refractivity contribution is -0.149. The van der Waals surface area contributed by atoms with Crippen LogP contribution in [0.1, 0.15) is 44.4 Å². The Morgan fingerprint density at radius 1 is 1.10 bits per heavy atom. The number of alkyl halides is 3. The van der Waals surface area contributed by atoms with Crippen LogP contribution in [0.15, 0.2) is 24.3 Å². The molecule has 21 heavy (non-hydrogen) atoms. The Kier molecular flexibility index (Phi) is 6.23. The molecule has 5 heteroatoms. The van der Waals surface area contributed by atoms with E-state index in [4.69, 9.17) is 4.74 Å². The molecule has 0 radical (unpaired) electrons. The second-order valence-electron chi connectivity index (χ2n) is 6.27. The summed E-state index contributed by atoms with van der Waals surface area (Å²) in [6.07, 6.45) is -5.49. The van der Waals surface area contributed by atoms with E-state index in [0.717, 1.165) is 11.1 Å². The van der Waals surface area contributed by atoms with Gasteiger partial charge in [0.2, 0.25) is 0 Å². The molecule has 0 aliphatic carbocycles. The number of benzene rings is 1. The number of hydrogen-bond donors (Lipinski definition) is 1. The van der Waals surface area contributed by atoms with Crippen LogP contribution in [0.5, 0.6) is 0 Å². The molecule has 1 atom stereocenters. The highest BCUT2D eigenvalue weighted by Crippen LogP contribution is 2.23. The predicted octanol–water partition coefficient (Wildman–Crippen LogP) is 4.39. The lowest BCUT2D eigenvalue weighted by Gasteiger charge is -2.26. The van der Waals surface area contributed by atoms with E-state index >= 15 is 0 Å². The Morgan fingerprint density at radius 3 is 2.14 bits per heavy atom. The maximum atomic E-state index is 12.2. The second kappa shape index (κ2) is 7.27. The molecule has 1 unspecified atom stereocenters. The lowest BCUT2D eigenvalue weighted by Crippen LogP contribution is -2.39. The van der Waals surface area contributed by atoms with E-state index in [1.54, 1.807) is 0 Å². The number of hydrogen-bond acceptors (Lipinski definition) is 2. The van der Waals surface area contributed by atoms with Gasteiger partial charge in [-0.05, 0) is 33.3 Å². The molecular weight excluding hydrogens is 279 g/mol. The van der Waals surface area contributed by atoms with Gasteiger partial charge in [0.05, 0.1) is 19.1 Å². The highest BCUT2D eigenvalue weighted by molar-refractivity contribution is 5.23. The SMILES string of the molecule is Cc1ccc(C(CNC(C)(C)C)OCCC(F)(F)F)cc1. The van der Waals surface area contributed by atoms with Crippen molar-refractivity contribution in [2.45, 2.75) is 51.9 Å². The van der Waals surface area contributed by atoms with Gasteiger partial charge in [-0.1, -0.05) is 29.8 Å². The van der Waals surface area contributed by atoms with Crippen LogP contribution in [0.3, 0.4) is 0 Å². The molecule has 1 N–H and O–H groups in total. The van der Waals surface area contributed by atoms with Gasteiger partial charge in [0.1, 0.15) is 0 Å². The van der Waals surface area contributed by atoms with Crippen molar-refractivity contribution in [2.24, 2.45) is 0 Å². The van der Waals surface area contributed by atoms with Gasteiger partial charge in [0, 0.05) is 12.1 Å². The fourth-order valence-electron chi connectivity index (χ4n) is 1.77. The third kappa shape index (κ3) is 8.07. The topological polar surface area (TPSA) is 21.3 Å². The first-order valence-corrected chi connectivity index (χ1v) is 7.07. The molecule has 0 fully saturated rings. The number of nitrogens with one attached hydrogen (secondary N) is 1. The second-order valence-corrected chi connectivity index (χ2v) is 6.27. The molecule has 0 saturated carbocycles. The van der Waals surface area contributed by atoms with Crippen molar-refractivity contribution in [2.75, 3.05) is 13.2 Å². The highest BCUT2D eigenvalue weighted by atomic mass is 19.4. The van der Waals surface area contributed by atoms with Crippen molar-refractivity contribution in [3.63, 3.8) is 0 Å². The van der Waals surface area contributed by atoms with E-state index in [0.29, 0.717) is 6.54 Å². The van der Waals surface area contributed by atoms with Crippen molar-refractivity contribution < 1.29 is 17.9 Å². The van der Waals surface area contributed by atoms with E-state index in [1.807, 2.05) is 52.0 Å². The Bertz CT molecular complexity index is 421. The molecule has 0 spiro atoms. The Hall–Kier alpha value is -1.07. The van der Waals surface area contributed by atoms with Gasteiger partial charge in [0.25, 0.3) is 0 Å². The monoisotopic (exact) mass is 303 g/mol. The van der Waals surface area contributed by atoms with Crippen LogP contribution >= 0.6 is 0 Å². The molecule has 2 nitrogen and oxygen atoms in total. The van der Waals surface area contributed by atoms with Gasteiger partial charge in [-0.3, -0.25) is 0 Å². The zero-order valence-corrected chi connectivity index (χ0v) is 13.1. The summed E-state index contributed by atoms with van der Waals surface area (Å²) in [4.78, 5) is 0. The molecule has 0 amide bonds. The van der Waals surface area contributed by atoms with Crippen LogP contribution in [0, 0.1) is 6.92 Å². The molecule has 120 valence electrons. The fraction of sp³-hybridized carbons (Fsp3) is 0.625. The predicted molar refractivity (Wildman–Crippen MR) is 78.3 cm³/mol. The normalized spacial score (nSPS) is 14.2. The number of halogens is 3. The first kappa shape index (κ1) is 18.0. The van der Waals surface area contributed by atoms with Crippen LogP contribution in [0.25, 0.3) is 0 Å². The third-order valence-electron chi connectivity index (χ3n) is 2.97. The Balaban J connectivity index is 2.67. The van der Waals surface area contributed by atoms with Crippen molar-refractivity contribution in [3.05, 3.63) is 35.4 Å². The van der Waals surface area contributed by atoms with Crippen molar-refractivity contribution in [1.82, 2.24) is 5.32 Å². The quantitative estimate of drug-likeness (QED) is 0.841. The average molecular weight is 303 g/mol. The zero-order valence-electron chi connectivity index (χ0n) is 13.1. The first-order chi connectivity index (χ1) is 9.57. The van der Waals surface area contributed by atoms with Crippen LogP contribution in [0.4, 0.5) is 13.2 Å². The summed E-state index contributed by atoms with van der Waals surface area (Å²) in [7, 11) is 0. The van der Waals surface area contributed by atoms with Gasteiger partial charge in [-0.25, -0.2) is 0 Å². The molecule has 0 heterocycles. The van der Waals surface area contributed by atoms with Crippen LogP contribution in [-0.4, -0.2) is 24.9 Å². The maximum Gasteiger partial charge on any atom is 0.391 e.